The molecule has 1 unspecified atom stereocenters. The van der Waals surface area contributed by atoms with E-state index in [4.69, 9.17) is 9.47 Å². The molecule has 122 valence electrons. The van der Waals surface area contributed by atoms with Crippen LogP contribution < -0.4 is 9.47 Å². The summed E-state index contributed by atoms with van der Waals surface area (Å²) in [5, 5.41) is 0. The molecule has 5 nitrogen and oxygen atoms in total. The SMILES string of the molecule is CCc1ccc(OCC2Cn3c(-c4cccnc4)cnc3O2)cc1. The molecule has 0 aliphatic carbocycles. The van der Waals surface area contributed by atoms with Crippen LogP contribution in [0.25, 0.3) is 11.3 Å². The number of fused-ring (bicyclic) bond motifs is 1. The molecule has 0 saturated heterocycles. The lowest BCUT2D eigenvalue weighted by atomic mass is 10.2. The van der Waals surface area contributed by atoms with Crippen LogP contribution in [0, 0.1) is 0 Å². The van der Waals surface area contributed by atoms with E-state index in [-0.39, 0.29) is 6.10 Å². The van der Waals surface area contributed by atoms with Crippen LogP contribution in [0.2, 0.25) is 0 Å². The van der Waals surface area contributed by atoms with Gasteiger partial charge in [-0.05, 0) is 36.2 Å². The van der Waals surface area contributed by atoms with E-state index >= 15 is 0 Å². The molecule has 0 bridgehead atoms. The van der Waals surface area contributed by atoms with Gasteiger partial charge in [-0.2, -0.15) is 0 Å². The van der Waals surface area contributed by atoms with E-state index in [1.165, 1.54) is 5.56 Å². The van der Waals surface area contributed by atoms with Crippen molar-refractivity contribution in [3.8, 4) is 23.0 Å². The summed E-state index contributed by atoms with van der Waals surface area (Å²) in [6, 6.07) is 12.8. The first-order valence-electron chi connectivity index (χ1n) is 8.18. The fourth-order valence-electron chi connectivity index (χ4n) is 2.86. The van der Waals surface area contributed by atoms with Crippen LogP contribution >= 0.6 is 0 Å². The van der Waals surface area contributed by atoms with Crippen LogP contribution in [-0.4, -0.2) is 27.2 Å². The van der Waals surface area contributed by atoms with Crippen LogP contribution in [0.3, 0.4) is 0 Å². The molecule has 0 amide bonds. The molecule has 2 aromatic heterocycles. The number of hydrogen-bond donors (Lipinski definition) is 0. The summed E-state index contributed by atoms with van der Waals surface area (Å²) in [6.45, 7) is 3.37. The van der Waals surface area contributed by atoms with Gasteiger partial charge in [0.05, 0.1) is 18.4 Å². The Morgan fingerprint density at radius 3 is 2.83 bits per heavy atom. The first kappa shape index (κ1) is 14.8. The number of aryl methyl sites for hydroxylation is 1. The topological polar surface area (TPSA) is 49.2 Å². The Balaban J connectivity index is 1.41. The van der Waals surface area contributed by atoms with Crippen molar-refractivity contribution in [1.29, 1.82) is 0 Å². The minimum atomic E-state index is -0.0324. The Labute approximate surface area is 140 Å². The van der Waals surface area contributed by atoms with Gasteiger partial charge in [-0.15, -0.1) is 0 Å². The highest BCUT2D eigenvalue weighted by atomic mass is 16.6. The largest absolute Gasteiger partial charge is 0.490 e. The minimum absolute atomic E-state index is 0.0324. The highest BCUT2D eigenvalue weighted by molar-refractivity contribution is 5.58. The lowest BCUT2D eigenvalue weighted by molar-refractivity contribution is 0.143. The zero-order valence-electron chi connectivity index (χ0n) is 13.6. The molecule has 0 spiro atoms. The smallest absolute Gasteiger partial charge is 0.297 e. The third-order valence-corrected chi connectivity index (χ3v) is 4.20. The third kappa shape index (κ3) is 2.85. The molecule has 1 aliphatic rings. The molecule has 4 rings (SSSR count). The van der Waals surface area contributed by atoms with Crippen molar-refractivity contribution in [2.45, 2.75) is 26.0 Å². The molecule has 1 atom stereocenters. The van der Waals surface area contributed by atoms with Crippen molar-refractivity contribution >= 4 is 0 Å². The number of rotatable bonds is 5. The molecule has 0 fully saturated rings. The van der Waals surface area contributed by atoms with Crippen LogP contribution in [0.4, 0.5) is 0 Å². The van der Waals surface area contributed by atoms with Crippen molar-refractivity contribution in [3.63, 3.8) is 0 Å². The van der Waals surface area contributed by atoms with Gasteiger partial charge in [0.15, 0.2) is 6.10 Å². The first-order chi connectivity index (χ1) is 11.8. The fraction of sp³-hybridized carbons (Fsp3) is 0.263. The monoisotopic (exact) mass is 321 g/mol. The van der Waals surface area contributed by atoms with Crippen molar-refractivity contribution in [3.05, 3.63) is 60.6 Å². The molecule has 3 aromatic rings. The number of ether oxygens (including phenoxy) is 2. The van der Waals surface area contributed by atoms with Gasteiger partial charge in [0.25, 0.3) is 6.01 Å². The van der Waals surface area contributed by atoms with E-state index in [9.17, 15) is 0 Å². The van der Waals surface area contributed by atoms with Crippen molar-refractivity contribution in [2.75, 3.05) is 6.61 Å². The molecule has 1 aliphatic heterocycles. The summed E-state index contributed by atoms with van der Waals surface area (Å²) in [6.07, 6.45) is 6.43. The third-order valence-electron chi connectivity index (χ3n) is 4.20. The Kier molecular flexibility index (Phi) is 3.91. The predicted molar refractivity (Wildman–Crippen MR) is 91.2 cm³/mol. The normalized spacial score (nSPS) is 15.8. The van der Waals surface area contributed by atoms with Crippen LogP contribution in [0.5, 0.6) is 11.8 Å². The first-order valence-corrected chi connectivity index (χ1v) is 8.18. The van der Waals surface area contributed by atoms with Gasteiger partial charge in [-0.3, -0.25) is 9.55 Å². The highest BCUT2D eigenvalue weighted by Gasteiger charge is 2.27. The zero-order chi connectivity index (χ0) is 16.4. The van der Waals surface area contributed by atoms with Gasteiger partial charge in [0.2, 0.25) is 0 Å². The number of nitrogens with zero attached hydrogens (tertiary/aromatic N) is 3. The lowest BCUT2D eigenvalue weighted by Crippen LogP contribution is -2.23. The van der Waals surface area contributed by atoms with Gasteiger partial charge in [-0.25, -0.2) is 4.98 Å². The second kappa shape index (κ2) is 6.35. The Morgan fingerprint density at radius 1 is 1.21 bits per heavy atom. The second-order valence-electron chi connectivity index (χ2n) is 5.83. The molecular weight excluding hydrogens is 302 g/mol. The van der Waals surface area contributed by atoms with E-state index in [1.807, 2.05) is 36.7 Å². The van der Waals surface area contributed by atoms with E-state index in [0.717, 1.165) is 30.0 Å². The number of benzene rings is 1. The number of aromatic nitrogens is 3. The summed E-state index contributed by atoms with van der Waals surface area (Å²) >= 11 is 0. The van der Waals surface area contributed by atoms with E-state index in [0.29, 0.717) is 12.6 Å². The van der Waals surface area contributed by atoms with E-state index in [2.05, 4.69) is 33.6 Å². The Hall–Kier alpha value is -2.82. The van der Waals surface area contributed by atoms with Crippen LogP contribution in [0.1, 0.15) is 12.5 Å². The van der Waals surface area contributed by atoms with Gasteiger partial charge >= 0.3 is 0 Å². The molecule has 5 heteroatoms. The van der Waals surface area contributed by atoms with Crippen molar-refractivity contribution < 1.29 is 9.47 Å². The van der Waals surface area contributed by atoms with Gasteiger partial charge in [0.1, 0.15) is 12.4 Å². The number of hydrogen-bond acceptors (Lipinski definition) is 4. The average Bonchev–Trinajstić information content (AvgIpc) is 3.21. The molecule has 24 heavy (non-hydrogen) atoms. The minimum Gasteiger partial charge on any atom is -0.490 e. The summed E-state index contributed by atoms with van der Waals surface area (Å²) < 4.78 is 13.8. The zero-order valence-corrected chi connectivity index (χ0v) is 13.6. The molecule has 0 radical (unpaired) electrons. The maximum Gasteiger partial charge on any atom is 0.297 e. The molecule has 3 heterocycles. The predicted octanol–water partition coefficient (Wildman–Crippen LogP) is 3.35. The summed E-state index contributed by atoms with van der Waals surface area (Å²) in [4.78, 5) is 8.53. The van der Waals surface area contributed by atoms with Crippen molar-refractivity contribution in [2.24, 2.45) is 0 Å². The summed E-state index contributed by atoms with van der Waals surface area (Å²) in [5.74, 6) is 0.868. The summed E-state index contributed by atoms with van der Waals surface area (Å²) in [7, 11) is 0. The molecule has 1 aromatic carbocycles. The molecular formula is C19H19N3O2. The number of imidazole rings is 1. The Bertz CT molecular complexity index is 812. The Morgan fingerprint density at radius 2 is 2.08 bits per heavy atom. The number of pyridine rings is 1. The van der Waals surface area contributed by atoms with Gasteiger partial charge < -0.3 is 9.47 Å². The van der Waals surface area contributed by atoms with Gasteiger partial charge in [-0.1, -0.05) is 19.1 Å². The van der Waals surface area contributed by atoms with E-state index < -0.39 is 0 Å². The second-order valence-corrected chi connectivity index (χ2v) is 5.83. The average molecular weight is 321 g/mol. The fourth-order valence-corrected chi connectivity index (χ4v) is 2.86. The van der Waals surface area contributed by atoms with Gasteiger partial charge in [0, 0.05) is 18.0 Å². The standard InChI is InChI=1S/C19H19N3O2/c1-2-14-5-7-16(8-6-14)23-13-17-12-22-18(11-21-19(22)24-17)15-4-3-9-20-10-15/h3-11,17H,2,12-13H2,1H3. The van der Waals surface area contributed by atoms with Crippen molar-refractivity contribution in [1.82, 2.24) is 14.5 Å². The quantitative estimate of drug-likeness (QED) is 0.723. The van der Waals surface area contributed by atoms with Crippen LogP contribution in [-0.2, 0) is 13.0 Å². The lowest BCUT2D eigenvalue weighted by Gasteiger charge is -2.12. The van der Waals surface area contributed by atoms with Crippen LogP contribution in [0.15, 0.2) is 55.0 Å². The highest BCUT2D eigenvalue weighted by Crippen LogP contribution is 2.29. The maximum atomic E-state index is 5.88. The molecule has 0 N–H and O–H groups in total. The molecule has 0 saturated carbocycles. The summed E-state index contributed by atoms with van der Waals surface area (Å²) in [5.41, 5.74) is 3.37. The maximum absolute atomic E-state index is 5.88. The van der Waals surface area contributed by atoms with E-state index in [1.54, 1.807) is 6.20 Å².